The molecule has 0 saturated heterocycles. The maximum Gasteiger partial charge on any atom is 0.220 e. The molecule has 0 aliphatic carbocycles. The maximum absolute atomic E-state index is 11.6. The minimum Gasteiger partial charge on any atom is -0.384 e. The lowest BCUT2D eigenvalue weighted by molar-refractivity contribution is -0.122. The van der Waals surface area contributed by atoms with E-state index in [4.69, 9.17) is 5.73 Å². The fourth-order valence-electron chi connectivity index (χ4n) is 1.66. The standard InChI is InChI=1S/C12H20N4O/c1-3-4-9(2)7-12(17)15-8-11-14-6-5-10(13)16-11/h5-6,9H,3-4,7-8H2,1-2H3,(H,15,17)(H2,13,14,16)/t9-/m1/s1. The number of aromatic nitrogens is 2. The van der Waals surface area contributed by atoms with Crippen molar-refractivity contribution >= 4 is 11.7 Å². The van der Waals surface area contributed by atoms with E-state index in [1.165, 1.54) is 0 Å². The fraction of sp³-hybridized carbons (Fsp3) is 0.583. The van der Waals surface area contributed by atoms with Crippen molar-refractivity contribution in [2.45, 2.75) is 39.7 Å². The van der Waals surface area contributed by atoms with Crippen LogP contribution in [0.15, 0.2) is 12.3 Å². The Kier molecular flexibility index (Phi) is 5.39. The second kappa shape index (κ2) is 6.83. The molecule has 1 heterocycles. The van der Waals surface area contributed by atoms with Gasteiger partial charge in [-0.3, -0.25) is 4.79 Å². The lowest BCUT2D eigenvalue weighted by Crippen LogP contribution is -2.25. The van der Waals surface area contributed by atoms with Gasteiger partial charge < -0.3 is 11.1 Å². The van der Waals surface area contributed by atoms with Crippen LogP contribution in [0.3, 0.4) is 0 Å². The van der Waals surface area contributed by atoms with Crippen LogP contribution in [0.2, 0.25) is 0 Å². The SMILES string of the molecule is CCC[C@@H](C)CC(=O)NCc1nccc(N)n1. The predicted octanol–water partition coefficient (Wildman–Crippen LogP) is 1.50. The van der Waals surface area contributed by atoms with E-state index in [9.17, 15) is 4.79 Å². The van der Waals surface area contributed by atoms with E-state index in [0.717, 1.165) is 12.8 Å². The quantitative estimate of drug-likeness (QED) is 0.784. The molecule has 0 aromatic carbocycles. The van der Waals surface area contributed by atoms with Gasteiger partial charge in [0.25, 0.3) is 0 Å². The van der Waals surface area contributed by atoms with Gasteiger partial charge in [0.1, 0.15) is 11.6 Å². The zero-order valence-electron chi connectivity index (χ0n) is 10.4. The molecule has 1 rings (SSSR count). The van der Waals surface area contributed by atoms with Crippen LogP contribution in [0, 0.1) is 5.92 Å². The number of amides is 1. The van der Waals surface area contributed by atoms with E-state index < -0.39 is 0 Å². The molecule has 1 atom stereocenters. The minimum atomic E-state index is 0.0389. The highest BCUT2D eigenvalue weighted by molar-refractivity contribution is 5.75. The lowest BCUT2D eigenvalue weighted by Gasteiger charge is -2.09. The fourth-order valence-corrected chi connectivity index (χ4v) is 1.66. The smallest absolute Gasteiger partial charge is 0.220 e. The molecule has 0 radical (unpaired) electrons. The molecule has 1 aromatic heterocycles. The van der Waals surface area contributed by atoms with Gasteiger partial charge in [0.05, 0.1) is 6.54 Å². The molecule has 5 heteroatoms. The van der Waals surface area contributed by atoms with Crippen LogP contribution in [0.5, 0.6) is 0 Å². The van der Waals surface area contributed by atoms with Crippen molar-refractivity contribution in [2.24, 2.45) is 5.92 Å². The van der Waals surface area contributed by atoms with Crippen LogP contribution in [0.25, 0.3) is 0 Å². The van der Waals surface area contributed by atoms with Crippen LogP contribution in [-0.2, 0) is 11.3 Å². The third-order valence-electron chi connectivity index (χ3n) is 2.49. The van der Waals surface area contributed by atoms with Gasteiger partial charge in [-0.25, -0.2) is 9.97 Å². The molecule has 0 aliphatic rings. The third-order valence-corrected chi connectivity index (χ3v) is 2.49. The number of carbonyl (C=O) groups is 1. The van der Waals surface area contributed by atoms with Crippen LogP contribution in [0.4, 0.5) is 5.82 Å². The topological polar surface area (TPSA) is 80.9 Å². The number of nitrogens with zero attached hydrogens (tertiary/aromatic N) is 2. The number of hydrogen-bond donors (Lipinski definition) is 2. The Balaban J connectivity index is 2.33. The Morgan fingerprint density at radius 1 is 1.59 bits per heavy atom. The number of anilines is 1. The van der Waals surface area contributed by atoms with Crippen LogP contribution < -0.4 is 11.1 Å². The molecule has 0 bridgehead atoms. The van der Waals surface area contributed by atoms with Crippen LogP contribution in [-0.4, -0.2) is 15.9 Å². The van der Waals surface area contributed by atoms with Gasteiger partial charge in [0, 0.05) is 12.6 Å². The van der Waals surface area contributed by atoms with Crippen molar-refractivity contribution in [3.8, 4) is 0 Å². The highest BCUT2D eigenvalue weighted by Crippen LogP contribution is 2.09. The summed E-state index contributed by atoms with van der Waals surface area (Å²) in [5.74, 6) is 1.42. The summed E-state index contributed by atoms with van der Waals surface area (Å²) >= 11 is 0. The van der Waals surface area contributed by atoms with Crippen molar-refractivity contribution in [1.82, 2.24) is 15.3 Å². The molecule has 0 unspecified atom stereocenters. The van der Waals surface area contributed by atoms with Crippen molar-refractivity contribution in [3.63, 3.8) is 0 Å². The number of nitrogens with two attached hydrogens (primary N) is 1. The van der Waals surface area contributed by atoms with Crippen molar-refractivity contribution in [3.05, 3.63) is 18.1 Å². The lowest BCUT2D eigenvalue weighted by atomic mass is 10.0. The number of nitrogen functional groups attached to an aromatic ring is 1. The average Bonchev–Trinajstić information content (AvgIpc) is 2.27. The van der Waals surface area contributed by atoms with Crippen LogP contribution in [0.1, 0.15) is 38.9 Å². The molecule has 1 aromatic rings. The Hall–Kier alpha value is -1.65. The zero-order chi connectivity index (χ0) is 12.7. The third kappa shape index (κ3) is 5.29. The summed E-state index contributed by atoms with van der Waals surface area (Å²) in [5.41, 5.74) is 5.52. The summed E-state index contributed by atoms with van der Waals surface area (Å²) in [6, 6.07) is 1.62. The first-order valence-electron chi connectivity index (χ1n) is 5.96. The minimum absolute atomic E-state index is 0.0389. The summed E-state index contributed by atoms with van der Waals surface area (Å²) in [7, 11) is 0. The predicted molar refractivity (Wildman–Crippen MR) is 67.0 cm³/mol. The van der Waals surface area contributed by atoms with Crippen molar-refractivity contribution in [2.75, 3.05) is 5.73 Å². The second-order valence-corrected chi connectivity index (χ2v) is 4.27. The first kappa shape index (κ1) is 13.4. The number of rotatable bonds is 6. The maximum atomic E-state index is 11.6. The monoisotopic (exact) mass is 236 g/mol. The Bertz CT molecular complexity index is 367. The van der Waals surface area contributed by atoms with Gasteiger partial charge in [0.15, 0.2) is 0 Å². The molecule has 1 amide bonds. The normalized spacial score (nSPS) is 12.1. The van der Waals surface area contributed by atoms with Gasteiger partial charge in [-0.2, -0.15) is 0 Å². The van der Waals surface area contributed by atoms with Crippen molar-refractivity contribution in [1.29, 1.82) is 0 Å². The Labute approximate surface area is 102 Å². The molecule has 0 spiro atoms. The van der Waals surface area contributed by atoms with Gasteiger partial charge in [-0.15, -0.1) is 0 Å². The first-order chi connectivity index (χ1) is 8.11. The summed E-state index contributed by atoms with van der Waals surface area (Å²) in [6.07, 6.45) is 4.31. The number of carbonyl (C=O) groups excluding carboxylic acids is 1. The second-order valence-electron chi connectivity index (χ2n) is 4.27. The molecule has 94 valence electrons. The summed E-state index contributed by atoms with van der Waals surface area (Å²) in [5, 5.41) is 2.80. The Morgan fingerprint density at radius 3 is 3.00 bits per heavy atom. The highest BCUT2D eigenvalue weighted by Gasteiger charge is 2.08. The van der Waals surface area contributed by atoms with E-state index in [0.29, 0.717) is 30.5 Å². The number of hydrogen-bond acceptors (Lipinski definition) is 4. The van der Waals surface area contributed by atoms with Gasteiger partial charge in [-0.1, -0.05) is 26.7 Å². The van der Waals surface area contributed by atoms with Gasteiger partial charge in [-0.05, 0) is 12.0 Å². The summed E-state index contributed by atoms with van der Waals surface area (Å²) in [4.78, 5) is 19.6. The summed E-state index contributed by atoms with van der Waals surface area (Å²) < 4.78 is 0. The number of nitrogens with one attached hydrogen (secondary N) is 1. The highest BCUT2D eigenvalue weighted by atomic mass is 16.1. The molecule has 5 nitrogen and oxygen atoms in total. The molecule has 0 saturated carbocycles. The zero-order valence-corrected chi connectivity index (χ0v) is 10.4. The Morgan fingerprint density at radius 2 is 2.35 bits per heavy atom. The van der Waals surface area contributed by atoms with E-state index in [1.54, 1.807) is 12.3 Å². The molecule has 3 N–H and O–H groups in total. The average molecular weight is 236 g/mol. The van der Waals surface area contributed by atoms with E-state index in [1.807, 2.05) is 0 Å². The van der Waals surface area contributed by atoms with E-state index >= 15 is 0 Å². The largest absolute Gasteiger partial charge is 0.384 e. The molecule has 0 aliphatic heterocycles. The summed E-state index contributed by atoms with van der Waals surface area (Å²) in [6.45, 7) is 4.54. The van der Waals surface area contributed by atoms with Gasteiger partial charge in [0.2, 0.25) is 5.91 Å². The molecule has 0 fully saturated rings. The van der Waals surface area contributed by atoms with Gasteiger partial charge >= 0.3 is 0 Å². The van der Waals surface area contributed by atoms with E-state index in [-0.39, 0.29) is 5.91 Å². The van der Waals surface area contributed by atoms with E-state index in [2.05, 4.69) is 29.1 Å². The first-order valence-corrected chi connectivity index (χ1v) is 5.96. The molecule has 17 heavy (non-hydrogen) atoms. The molecular formula is C12H20N4O. The van der Waals surface area contributed by atoms with Crippen LogP contribution >= 0.6 is 0 Å². The van der Waals surface area contributed by atoms with Crippen molar-refractivity contribution < 1.29 is 4.79 Å². The molecular weight excluding hydrogens is 216 g/mol.